The van der Waals surface area contributed by atoms with Gasteiger partial charge < -0.3 is 19.8 Å². The number of nitrogens with one attached hydrogen (secondary N) is 1. The van der Waals surface area contributed by atoms with Gasteiger partial charge in [-0.25, -0.2) is 4.57 Å². The molecule has 0 radical (unpaired) electrons. The second kappa shape index (κ2) is 42.5. The second-order valence-electron chi connectivity index (χ2n) is 18.9. The number of carbonyl (C=O) groups is 1. The lowest BCUT2D eigenvalue weighted by molar-refractivity contribution is -0.870. The molecule has 59 heavy (non-hydrogen) atoms. The first-order valence-corrected chi connectivity index (χ1v) is 27.0. The maximum absolute atomic E-state index is 12.9. The Bertz CT molecular complexity index is 974. The van der Waals surface area contributed by atoms with Crippen LogP contribution >= 0.6 is 7.82 Å². The third kappa shape index (κ3) is 45.1. The number of nitrogens with zero attached hydrogens (tertiary/aromatic N) is 1. The van der Waals surface area contributed by atoms with Crippen LogP contribution in [0.4, 0.5) is 0 Å². The maximum Gasteiger partial charge on any atom is 0.472 e. The van der Waals surface area contributed by atoms with Crippen LogP contribution in [-0.4, -0.2) is 73.4 Å². The Morgan fingerprint density at radius 3 is 1.31 bits per heavy atom. The highest BCUT2D eigenvalue weighted by Crippen LogP contribution is 2.43. The first-order chi connectivity index (χ1) is 28.5. The van der Waals surface area contributed by atoms with E-state index in [0.29, 0.717) is 23.9 Å². The van der Waals surface area contributed by atoms with Crippen molar-refractivity contribution in [3.8, 4) is 0 Å². The molecule has 0 aromatic heterocycles. The van der Waals surface area contributed by atoms with Crippen molar-refractivity contribution in [1.82, 2.24) is 5.32 Å². The highest BCUT2D eigenvalue weighted by molar-refractivity contribution is 7.47. The number of amides is 1. The van der Waals surface area contributed by atoms with Crippen LogP contribution < -0.4 is 5.32 Å². The molecule has 0 aromatic carbocycles. The first kappa shape index (κ1) is 58.2. The highest BCUT2D eigenvalue weighted by atomic mass is 31.2. The van der Waals surface area contributed by atoms with E-state index in [2.05, 4.69) is 31.3 Å². The summed E-state index contributed by atoms with van der Waals surface area (Å²) in [5.74, 6) is -0.144. The van der Waals surface area contributed by atoms with Gasteiger partial charge in [0.05, 0.1) is 39.9 Å². The van der Waals surface area contributed by atoms with Crippen molar-refractivity contribution >= 4 is 13.7 Å². The summed E-state index contributed by atoms with van der Waals surface area (Å²) in [6.45, 7) is 4.87. The van der Waals surface area contributed by atoms with Crippen LogP contribution in [0.2, 0.25) is 0 Å². The third-order valence-electron chi connectivity index (χ3n) is 11.8. The van der Waals surface area contributed by atoms with Gasteiger partial charge in [-0.05, 0) is 38.5 Å². The van der Waals surface area contributed by atoms with Crippen molar-refractivity contribution < 1.29 is 32.9 Å². The fourth-order valence-corrected chi connectivity index (χ4v) is 8.43. The molecule has 0 aliphatic rings. The van der Waals surface area contributed by atoms with Crippen molar-refractivity contribution in [1.29, 1.82) is 0 Å². The number of allylic oxidation sites excluding steroid dienone is 2. The number of rotatable bonds is 47. The van der Waals surface area contributed by atoms with Crippen LogP contribution in [0.1, 0.15) is 251 Å². The van der Waals surface area contributed by atoms with Crippen LogP contribution in [-0.2, 0) is 18.4 Å². The van der Waals surface area contributed by atoms with Gasteiger partial charge in [0.1, 0.15) is 13.2 Å². The van der Waals surface area contributed by atoms with Gasteiger partial charge in [0.15, 0.2) is 0 Å². The van der Waals surface area contributed by atoms with E-state index in [1.54, 1.807) is 0 Å². The molecule has 0 fully saturated rings. The number of likely N-dealkylation sites (N-methyl/N-ethyl adjacent to an activating group) is 1. The third-order valence-corrected chi connectivity index (χ3v) is 12.7. The zero-order valence-corrected chi connectivity index (χ0v) is 40.9. The molecule has 3 N–H and O–H groups in total. The fraction of sp³-hybridized carbons (Fsp3) is 0.940. The molecule has 0 aliphatic heterocycles. The first-order valence-electron chi connectivity index (χ1n) is 25.6. The largest absolute Gasteiger partial charge is 0.472 e. The zero-order valence-electron chi connectivity index (χ0n) is 40.0. The van der Waals surface area contributed by atoms with E-state index >= 15 is 0 Å². The van der Waals surface area contributed by atoms with Crippen molar-refractivity contribution in [2.45, 2.75) is 264 Å². The van der Waals surface area contributed by atoms with Gasteiger partial charge in [0, 0.05) is 6.42 Å². The molecule has 0 saturated carbocycles. The van der Waals surface area contributed by atoms with Gasteiger partial charge in [0.25, 0.3) is 0 Å². The Morgan fingerprint density at radius 1 is 0.559 bits per heavy atom. The van der Waals surface area contributed by atoms with E-state index in [4.69, 9.17) is 9.05 Å². The van der Waals surface area contributed by atoms with Gasteiger partial charge >= 0.3 is 7.82 Å². The molecule has 0 aliphatic carbocycles. The Morgan fingerprint density at radius 2 is 0.915 bits per heavy atom. The molecule has 8 nitrogen and oxygen atoms in total. The second-order valence-corrected chi connectivity index (χ2v) is 20.4. The number of phosphoric acid groups is 1. The molecule has 0 aromatic rings. The SMILES string of the molecule is CCCCCCCCCC/C=C\CCCCCCCCCCCCCCCCCCCC(=O)NC(COP(=O)(O)OCC[N+](C)(C)C)C(O)CCCCCCCCCC. The van der Waals surface area contributed by atoms with Crippen LogP contribution in [0.15, 0.2) is 12.2 Å². The lowest BCUT2D eigenvalue weighted by Crippen LogP contribution is -2.46. The minimum Gasteiger partial charge on any atom is -0.391 e. The van der Waals surface area contributed by atoms with Crippen molar-refractivity contribution in [2.24, 2.45) is 0 Å². The molecule has 0 heterocycles. The molecule has 0 spiro atoms. The highest BCUT2D eigenvalue weighted by Gasteiger charge is 2.28. The number of hydrogen-bond donors (Lipinski definition) is 3. The fourth-order valence-electron chi connectivity index (χ4n) is 7.69. The molecule has 0 rings (SSSR count). The lowest BCUT2D eigenvalue weighted by Gasteiger charge is -2.26. The predicted octanol–water partition coefficient (Wildman–Crippen LogP) is 14.7. The summed E-state index contributed by atoms with van der Waals surface area (Å²) in [5.41, 5.74) is 0. The minimum absolute atomic E-state index is 0.0769. The van der Waals surface area contributed by atoms with Crippen molar-refractivity contribution in [2.75, 3.05) is 40.9 Å². The molecule has 9 heteroatoms. The number of quaternary nitrogens is 1. The summed E-state index contributed by atoms with van der Waals surface area (Å²) in [4.78, 5) is 23.1. The van der Waals surface area contributed by atoms with E-state index in [1.165, 1.54) is 186 Å². The molecular formula is C50H102N2O6P+. The number of unbranched alkanes of at least 4 members (excludes halogenated alkanes) is 32. The van der Waals surface area contributed by atoms with Gasteiger partial charge in [-0.1, -0.05) is 219 Å². The predicted molar refractivity (Wildman–Crippen MR) is 254 cm³/mol. The summed E-state index contributed by atoms with van der Waals surface area (Å²) >= 11 is 0. The lowest BCUT2D eigenvalue weighted by atomic mass is 10.0. The monoisotopic (exact) mass is 858 g/mol. The van der Waals surface area contributed by atoms with E-state index in [-0.39, 0.29) is 19.1 Å². The Balaban J connectivity index is 3.93. The van der Waals surface area contributed by atoms with Crippen molar-refractivity contribution in [3.05, 3.63) is 12.2 Å². The molecule has 0 bridgehead atoms. The number of hydrogen-bond acceptors (Lipinski definition) is 5. The van der Waals surface area contributed by atoms with E-state index in [0.717, 1.165) is 38.5 Å². The quantitative estimate of drug-likeness (QED) is 0.0244. The number of carbonyl (C=O) groups excluding carboxylic acids is 1. The zero-order chi connectivity index (χ0) is 43.6. The van der Waals surface area contributed by atoms with Crippen LogP contribution in [0.25, 0.3) is 0 Å². The molecule has 0 saturated heterocycles. The average molecular weight is 858 g/mol. The Hall–Kier alpha value is -0.760. The Kier molecular flexibility index (Phi) is 42.0. The van der Waals surface area contributed by atoms with Crippen LogP contribution in [0.5, 0.6) is 0 Å². The molecule has 3 unspecified atom stereocenters. The number of phosphoric ester groups is 1. The van der Waals surface area contributed by atoms with Gasteiger partial charge in [-0.3, -0.25) is 13.8 Å². The normalized spacial score (nSPS) is 14.2. The maximum atomic E-state index is 12.9. The standard InChI is InChI=1S/C50H101N2O6P/c1-6-8-10-12-14-16-17-18-19-20-21-22-23-24-25-26-27-28-29-30-31-32-33-34-35-36-38-40-42-44-50(54)51-48(47-58-59(55,56)57-46-45-52(3,4)5)49(53)43-41-39-37-15-13-11-9-7-2/h20-21,48-49,53H,6-19,22-47H2,1-5H3,(H-,51,54,55,56)/p+1/b21-20-. The minimum atomic E-state index is -4.30. The van der Waals surface area contributed by atoms with Crippen molar-refractivity contribution in [3.63, 3.8) is 0 Å². The number of aliphatic hydroxyl groups is 1. The van der Waals surface area contributed by atoms with E-state index < -0.39 is 20.0 Å². The van der Waals surface area contributed by atoms with E-state index in [9.17, 15) is 19.4 Å². The van der Waals surface area contributed by atoms with Gasteiger partial charge in [0.2, 0.25) is 5.91 Å². The van der Waals surface area contributed by atoms with Crippen LogP contribution in [0, 0.1) is 0 Å². The molecule has 1 amide bonds. The number of aliphatic hydroxyl groups excluding tert-OH is 1. The van der Waals surface area contributed by atoms with Crippen LogP contribution in [0.3, 0.4) is 0 Å². The summed E-state index contributed by atoms with van der Waals surface area (Å²) in [6.07, 6.45) is 50.0. The Labute approximate surface area is 367 Å². The summed E-state index contributed by atoms with van der Waals surface area (Å²) < 4.78 is 23.6. The molecular weight excluding hydrogens is 756 g/mol. The summed E-state index contributed by atoms with van der Waals surface area (Å²) in [7, 11) is 1.62. The van der Waals surface area contributed by atoms with Gasteiger partial charge in [-0.15, -0.1) is 0 Å². The average Bonchev–Trinajstić information content (AvgIpc) is 3.19. The van der Waals surface area contributed by atoms with E-state index in [1.807, 2.05) is 21.1 Å². The topological polar surface area (TPSA) is 105 Å². The summed E-state index contributed by atoms with van der Waals surface area (Å²) in [6, 6.07) is -0.753. The van der Waals surface area contributed by atoms with Gasteiger partial charge in [-0.2, -0.15) is 0 Å². The smallest absolute Gasteiger partial charge is 0.391 e. The summed E-state index contributed by atoms with van der Waals surface area (Å²) in [5, 5.41) is 13.9. The molecule has 352 valence electrons. The molecule has 3 atom stereocenters.